The second-order valence-electron chi connectivity index (χ2n) is 2.40. The summed E-state index contributed by atoms with van der Waals surface area (Å²) in [7, 11) is 1.87. The molecule has 1 fully saturated rings. The van der Waals surface area contributed by atoms with Crippen LogP contribution in [0.15, 0.2) is 0 Å². The van der Waals surface area contributed by atoms with E-state index in [1.165, 1.54) is 0 Å². The molecule has 0 spiro atoms. The van der Waals surface area contributed by atoms with E-state index in [4.69, 9.17) is 5.73 Å². The normalized spacial score (nSPS) is 40.8. The van der Waals surface area contributed by atoms with E-state index in [0.29, 0.717) is 13.1 Å². The molecule has 1 saturated heterocycles. The van der Waals surface area contributed by atoms with Crippen molar-refractivity contribution in [3.8, 4) is 0 Å². The monoisotopic (exact) mass is 116 g/mol. The summed E-state index contributed by atoms with van der Waals surface area (Å²) in [4.78, 5) is 1.90. The lowest BCUT2D eigenvalue weighted by Gasteiger charge is -2.02. The smallest absolute Gasteiger partial charge is 0.185 e. The highest BCUT2D eigenvalue weighted by Crippen LogP contribution is 2.07. The molecule has 0 amide bonds. The molecule has 2 atom stereocenters. The van der Waals surface area contributed by atoms with Crippen LogP contribution in [-0.4, -0.2) is 38.1 Å². The van der Waals surface area contributed by atoms with Gasteiger partial charge in [0.1, 0.15) is 6.17 Å². The minimum atomic E-state index is -0.806. The summed E-state index contributed by atoms with van der Waals surface area (Å²) >= 11 is 0. The Hall–Kier alpha value is -0.0851. The molecule has 1 rings (SSSR count). The van der Waals surface area contributed by atoms with E-state index in [2.05, 4.69) is 0 Å². The third-order valence-electron chi connectivity index (χ3n) is 1.47. The molecule has 46 valence electrons. The Labute approximate surface area is 49.3 Å². The Morgan fingerprint density at radius 3 is 2.38 bits per heavy atom. The predicted molar refractivity (Wildman–Crippen MR) is 33.0 cm³/mol. The van der Waals surface area contributed by atoms with E-state index in [0.717, 1.165) is 0 Å². The second kappa shape index (κ2) is 2.03. The average Bonchev–Trinajstić information content (AvgIpc) is 1.85. The van der Waals surface area contributed by atoms with E-state index in [-0.39, 0.29) is 6.04 Å². The molecule has 0 saturated carbocycles. The lowest BCUT2D eigenvalue weighted by molar-refractivity contribution is 0.324. The van der Waals surface area contributed by atoms with Crippen LogP contribution in [0.25, 0.3) is 0 Å². The van der Waals surface area contributed by atoms with Gasteiger partial charge in [-0.2, -0.15) is 0 Å². The molecule has 1 aliphatic heterocycles. The van der Waals surface area contributed by atoms with Gasteiger partial charge in [0.15, 0.2) is 7.98 Å². The van der Waals surface area contributed by atoms with Gasteiger partial charge >= 0.3 is 0 Å². The zero-order valence-electron chi connectivity index (χ0n) is 4.97. The zero-order valence-corrected chi connectivity index (χ0v) is 4.97. The molecule has 1 heterocycles. The fourth-order valence-electron chi connectivity index (χ4n) is 0.982. The highest BCUT2D eigenvalue weighted by molar-refractivity contribution is 6.04. The molecule has 4 heteroatoms. The Balaban J connectivity index is 2.39. The molecular weight excluding hydrogens is 106 g/mol. The van der Waals surface area contributed by atoms with Gasteiger partial charge < -0.3 is 10.5 Å². The number of rotatable bonds is 0. The van der Waals surface area contributed by atoms with Crippen LogP contribution in [0.4, 0.5) is 4.39 Å². The van der Waals surface area contributed by atoms with E-state index in [9.17, 15) is 4.39 Å². The van der Waals surface area contributed by atoms with Gasteiger partial charge in [0.2, 0.25) is 0 Å². The number of hydrogen-bond donors (Lipinski definition) is 1. The van der Waals surface area contributed by atoms with Crippen molar-refractivity contribution in [2.45, 2.75) is 12.2 Å². The van der Waals surface area contributed by atoms with Crippen LogP contribution in [0.1, 0.15) is 0 Å². The second-order valence-corrected chi connectivity index (χ2v) is 2.40. The van der Waals surface area contributed by atoms with Gasteiger partial charge in [-0.25, -0.2) is 4.39 Å². The minimum Gasteiger partial charge on any atom is -0.345 e. The zero-order chi connectivity index (χ0) is 6.15. The molecule has 1 aliphatic rings. The van der Waals surface area contributed by atoms with E-state index in [1.54, 1.807) is 0 Å². The van der Waals surface area contributed by atoms with Crippen LogP contribution in [0.3, 0.4) is 0 Å². The summed E-state index contributed by atoms with van der Waals surface area (Å²) in [6.07, 6.45) is -0.806. The largest absolute Gasteiger partial charge is 0.345 e. The molecule has 0 radical (unpaired) electrons. The van der Waals surface area contributed by atoms with Crippen LogP contribution >= 0.6 is 0 Å². The van der Waals surface area contributed by atoms with Crippen LogP contribution in [-0.2, 0) is 0 Å². The first-order valence-corrected chi connectivity index (χ1v) is 2.78. The fraction of sp³-hybridized carbons (Fsp3) is 1.00. The quantitative estimate of drug-likeness (QED) is 0.391. The molecule has 0 aliphatic carbocycles. The summed E-state index contributed by atoms with van der Waals surface area (Å²) < 4.78 is 12.4. The first-order valence-electron chi connectivity index (χ1n) is 2.78. The molecule has 8 heavy (non-hydrogen) atoms. The van der Waals surface area contributed by atoms with Gasteiger partial charge in [-0.15, -0.1) is 0 Å². The van der Waals surface area contributed by atoms with Crippen molar-refractivity contribution in [2.24, 2.45) is 5.73 Å². The maximum absolute atomic E-state index is 12.4. The van der Waals surface area contributed by atoms with E-state index >= 15 is 0 Å². The minimum absolute atomic E-state index is 0.250. The van der Waals surface area contributed by atoms with Crippen LogP contribution in [0, 0.1) is 0 Å². The van der Waals surface area contributed by atoms with Crippen molar-refractivity contribution < 1.29 is 4.39 Å². The molecule has 2 unspecified atom stereocenters. The average molecular weight is 116 g/mol. The van der Waals surface area contributed by atoms with Gasteiger partial charge in [0, 0.05) is 19.1 Å². The predicted octanol–water partition coefficient (Wildman–Crippen LogP) is -1.48. The summed E-state index contributed by atoms with van der Waals surface area (Å²) in [6, 6.07) is -0.250. The van der Waals surface area contributed by atoms with Crippen LogP contribution in [0.5, 0.6) is 0 Å². The third-order valence-corrected chi connectivity index (χ3v) is 1.47. The lowest BCUT2D eigenvalue weighted by Crippen LogP contribution is -2.30. The van der Waals surface area contributed by atoms with Crippen LogP contribution in [0.2, 0.25) is 0 Å². The summed E-state index contributed by atoms with van der Waals surface area (Å²) in [5.74, 6) is 0. The van der Waals surface area contributed by atoms with Crippen molar-refractivity contribution in [2.75, 3.05) is 13.1 Å². The maximum atomic E-state index is 12.4. The number of hydrogen-bond acceptors (Lipinski definition) is 2. The molecule has 0 aromatic carbocycles. The van der Waals surface area contributed by atoms with Gasteiger partial charge in [0.05, 0.1) is 0 Å². The first kappa shape index (κ1) is 6.04. The standard InChI is InChI=1S/C4H10BFN2/c5-8-1-3(6)4(7)2-8/h3-4H,1-2,5,7H2. The molecule has 0 aromatic rings. The number of nitrogens with zero attached hydrogens (tertiary/aromatic N) is 1. The van der Waals surface area contributed by atoms with Crippen molar-refractivity contribution in [3.63, 3.8) is 0 Å². The van der Waals surface area contributed by atoms with Crippen molar-refractivity contribution in [3.05, 3.63) is 0 Å². The molecule has 2 N–H and O–H groups in total. The summed E-state index contributed by atoms with van der Waals surface area (Å²) in [6.45, 7) is 1.20. The Kier molecular flexibility index (Phi) is 1.53. The van der Waals surface area contributed by atoms with Crippen molar-refractivity contribution in [1.29, 1.82) is 0 Å². The summed E-state index contributed by atoms with van der Waals surface area (Å²) in [5, 5.41) is 0. The molecule has 2 nitrogen and oxygen atoms in total. The topological polar surface area (TPSA) is 29.3 Å². The third kappa shape index (κ3) is 1.01. The molecule has 0 aromatic heterocycles. The Morgan fingerprint density at radius 1 is 1.62 bits per heavy atom. The molecular formula is C4H10BFN2. The van der Waals surface area contributed by atoms with Crippen LogP contribution < -0.4 is 5.73 Å². The Morgan fingerprint density at radius 2 is 2.25 bits per heavy atom. The fourth-order valence-corrected chi connectivity index (χ4v) is 0.982. The first-order chi connectivity index (χ1) is 3.70. The SMILES string of the molecule is BN1CC(N)C(F)C1. The Bertz CT molecular complexity index is 80.1. The van der Waals surface area contributed by atoms with Gasteiger partial charge in [0.25, 0.3) is 0 Å². The maximum Gasteiger partial charge on any atom is 0.185 e. The lowest BCUT2D eigenvalue weighted by atomic mass is 10.2. The number of nitrogens with two attached hydrogens (primary N) is 1. The highest BCUT2D eigenvalue weighted by Gasteiger charge is 2.26. The highest BCUT2D eigenvalue weighted by atomic mass is 19.1. The summed E-state index contributed by atoms with van der Waals surface area (Å²) in [5.41, 5.74) is 5.35. The number of halogens is 1. The van der Waals surface area contributed by atoms with Crippen molar-refractivity contribution >= 4 is 7.98 Å². The van der Waals surface area contributed by atoms with Gasteiger partial charge in [-0.1, -0.05) is 0 Å². The van der Waals surface area contributed by atoms with Gasteiger partial charge in [-0.05, 0) is 0 Å². The van der Waals surface area contributed by atoms with Gasteiger partial charge in [-0.3, -0.25) is 0 Å². The van der Waals surface area contributed by atoms with E-state index in [1.807, 2.05) is 12.8 Å². The number of alkyl halides is 1. The van der Waals surface area contributed by atoms with E-state index < -0.39 is 6.17 Å². The van der Waals surface area contributed by atoms with Crippen molar-refractivity contribution in [1.82, 2.24) is 4.81 Å². The molecule has 0 bridgehead atoms.